The van der Waals surface area contributed by atoms with Crippen LogP contribution in [0.1, 0.15) is 0 Å². The highest BCUT2D eigenvalue weighted by molar-refractivity contribution is 7.86. The molecule has 14 heteroatoms. The van der Waals surface area contributed by atoms with Crippen molar-refractivity contribution in [2.45, 2.75) is 9.79 Å². The number of benzene rings is 1. The molecule has 1 rings (SSSR count). The monoisotopic (exact) mass is 323 g/mol. The zero-order chi connectivity index (χ0) is 16.4. The minimum absolute atomic E-state index is 0.590. The van der Waals surface area contributed by atoms with E-state index in [0.717, 1.165) is 18.2 Å². The van der Waals surface area contributed by atoms with Gasteiger partial charge in [-0.3, -0.25) is 14.0 Å². The van der Waals surface area contributed by atoms with Gasteiger partial charge in [0.05, 0.1) is 9.79 Å². The van der Waals surface area contributed by atoms with E-state index in [1.807, 2.05) is 0 Å². The maximum Gasteiger partial charge on any atom is 0.294 e. The summed E-state index contributed by atoms with van der Waals surface area (Å²) in [5.74, 6) is 0. The standard InChI is InChI=1S/C6H6O6S2.HN3.N3/c7-13(8,9)5-2-1-3-6(4-5)14(10,11)12;2*1-3-2/h1-4H,(H,7,8,9)(H,10,11,12);1H;/q;;-1. The molecule has 0 aliphatic rings. The second kappa shape index (κ2) is 8.71. The molecule has 0 bridgehead atoms. The van der Waals surface area contributed by atoms with Crippen molar-refractivity contribution >= 4 is 20.2 Å². The Morgan fingerprint density at radius 2 is 1.20 bits per heavy atom. The summed E-state index contributed by atoms with van der Waals surface area (Å²) in [6.07, 6.45) is 0. The van der Waals surface area contributed by atoms with E-state index in [-0.39, 0.29) is 0 Å². The molecular formula is C6H7N6O6S2-. The first-order valence-corrected chi connectivity index (χ1v) is 6.97. The Balaban J connectivity index is 0. The fourth-order valence-corrected chi connectivity index (χ4v) is 1.92. The molecule has 0 aliphatic heterocycles. The average Bonchev–Trinajstić information content (AvgIpc) is 2.29. The highest BCUT2D eigenvalue weighted by Gasteiger charge is 2.15. The fraction of sp³-hybridized carbons (Fsp3) is 0. The van der Waals surface area contributed by atoms with Crippen LogP contribution in [0.3, 0.4) is 0 Å². The van der Waals surface area contributed by atoms with Gasteiger partial charge in [0.2, 0.25) is 0 Å². The van der Waals surface area contributed by atoms with Crippen LogP contribution in [0.15, 0.2) is 34.1 Å². The zero-order valence-electron chi connectivity index (χ0n) is 9.39. The summed E-state index contributed by atoms with van der Waals surface area (Å²) in [5.41, 5.74) is 25.8. The third-order valence-electron chi connectivity index (χ3n) is 1.40. The minimum Gasteiger partial charge on any atom is -0.373 e. The van der Waals surface area contributed by atoms with Crippen molar-refractivity contribution in [3.63, 3.8) is 0 Å². The van der Waals surface area contributed by atoms with Crippen molar-refractivity contribution in [1.29, 1.82) is 5.53 Å². The molecule has 0 saturated heterocycles. The van der Waals surface area contributed by atoms with Gasteiger partial charge in [-0.25, -0.2) is 0 Å². The van der Waals surface area contributed by atoms with Crippen molar-refractivity contribution in [3.8, 4) is 0 Å². The van der Waals surface area contributed by atoms with Crippen molar-refractivity contribution in [2.75, 3.05) is 0 Å². The van der Waals surface area contributed by atoms with Gasteiger partial charge < -0.3 is 11.1 Å². The highest BCUT2D eigenvalue weighted by atomic mass is 32.2. The van der Waals surface area contributed by atoms with Crippen molar-refractivity contribution in [3.05, 3.63) is 50.7 Å². The number of nitrogens with zero attached hydrogens (tertiary/aromatic N) is 5. The van der Waals surface area contributed by atoms with Crippen LogP contribution in [0.2, 0.25) is 0 Å². The predicted octanol–water partition coefficient (Wildman–Crippen LogP) is 1.92. The second-order valence-corrected chi connectivity index (χ2v) is 5.46. The second-order valence-electron chi connectivity index (χ2n) is 2.61. The van der Waals surface area contributed by atoms with E-state index in [9.17, 15) is 16.8 Å². The molecule has 0 heterocycles. The van der Waals surface area contributed by atoms with Gasteiger partial charge in [-0.15, -0.1) is 5.53 Å². The van der Waals surface area contributed by atoms with Crippen LogP contribution >= 0.6 is 0 Å². The molecule has 0 atom stereocenters. The minimum atomic E-state index is -4.46. The summed E-state index contributed by atoms with van der Waals surface area (Å²) in [4.78, 5) is 2.07. The smallest absolute Gasteiger partial charge is 0.294 e. The molecule has 0 fully saturated rings. The largest absolute Gasteiger partial charge is 0.373 e. The summed E-state index contributed by atoms with van der Waals surface area (Å²) in [6, 6.07) is 3.75. The third kappa shape index (κ3) is 8.71. The van der Waals surface area contributed by atoms with Crippen LogP contribution in [0.5, 0.6) is 0 Å². The van der Waals surface area contributed by atoms with E-state index in [2.05, 4.69) is 0 Å². The molecule has 3 N–H and O–H groups in total. The molecule has 0 aliphatic carbocycles. The Hall–Kier alpha value is -2.34. The topological polar surface area (TPSA) is 228 Å². The summed E-state index contributed by atoms with van der Waals surface area (Å²) < 4.78 is 59.5. The third-order valence-corrected chi connectivity index (χ3v) is 3.10. The highest BCUT2D eigenvalue weighted by Crippen LogP contribution is 2.14. The Labute approximate surface area is 113 Å². The maximum atomic E-state index is 10.6. The van der Waals surface area contributed by atoms with Crippen molar-refractivity contribution in [2.24, 2.45) is 0 Å². The molecule has 0 aromatic heterocycles. The lowest BCUT2D eigenvalue weighted by Crippen LogP contribution is -2.02. The van der Waals surface area contributed by atoms with Crippen LogP contribution in [0, 0.1) is 5.53 Å². The summed E-state index contributed by atoms with van der Waals surface area (Å²) >= 11 is 0. The summed E-state index contributed by atoms with van der Waals surface area (Å²) in [5, 5.41) is 0. The van der Waals surface area contributed by atoms with Gasteiger partial charge in [0.15, 0.2) is 0 Å². The summed E-state index contributed by atoms with van der Waals surface area (Å²) in [6.45, 7) is 0. The molecule has 0 amide bonds. The van der Waals surface area contributed by atoms with Crippen LogP contribution < -0.4 is 0 Å². The number of hydrogen-bond acceptors (Lipinski definition) is 5. The molecule has 0 unspecified atom stereocenters. The van der Waals surface area contributed by atoms with Gasteiger partial charge in [0.25, 0.3) is 20.2 Å². The van der Waals surface area contributed by atoms with Crippen molar-refractivity contribution in [1.82, 2.24) is 0 Å². The van der Waals surface area contributed by atoms with Crippen LogP contribution in [-0.4, -0.2) is 25.9 Å². The lowest BCUT2D eigenvalue weighted by atomic mass is 10.4. The molecule has 110 valence electrons. The van der Waals surface area contributed by atoms with E-state index >= 15 is 0 Å². The van der Waals surface area contributed by atoms with E-state index in [0.29, 0.717) is 6.07 Å². The zero-order valence-corrected chi connectivity index (χ0v) is 11.0. The van der Waals surface area contributed by atoms with Crippen LogP contribution in [0.4, 0.5) is 0 Å². The molecule has 0 spiro atoms. The normalized spacial score (nSPS) is 9.70. The average molecular weight is 323 g/mol. The molecule has 1 aromatic carbocycles. The Morgan fingerprint density at radius 3 is 1.40 bits per heavy atom. The number of rotatable bonds is 2. The van der Waals surface area contributed by atoms with Crippen molar-refractivity contribution < 1.29 is 25.9 Å². The van der Waals surface area contributed by atoms with E-state index in [1.54, 1.807) is 4.91 Å². The summed E-state index contributed by atoms with van der Waals surface area (Å²) in [7, 11) is -8.92. The SMILES string of the molecule is O=S(=O)(O)c1cccc(S(=O)(=O)O)c1.[N-]=[N+]=N.[N-]=[N+]=[N-]. The molecular weight excluding hydrogens is 316 g/mol. The molecule has 0 saturated carbocycles. The lowest BCUT2D eigenvalue weighted by molar-refractivity contribution is 0.481. The molecule has 12 nitrogen and oxygen atoms in total. The first-order valence-electron chi connectivity index (χ1n) is 4.09. The molecule has 20 heavy (non-hydrogen) atoms. The Kier molecular flexibility index (Phi) is 8.70. The van der Waals surface area contributed by atoms with Crippen LogP contribution in [0.25, 0.3) is 26.4 Å². The predicted molar refractivity (Wildman–Crippen MR) is 65.6 cm³/mol. The van der Waals surface area contributed by atoms with Gasteiger partial charge >= 0.3 is 0 Å². The number of hydrogen-bond donors (Lipinski definition) is 3. The first-order chi connectivity index (χ1) is 9.04. The molecule has 0 radical (unpaired) electrons. The van der Waals surface area contributed by atoms with E-state index in [4.69, 9.17) is 31.2 Å². The lowest BCUT2D eigenvalue weighted by Gasteiger charge is -1.99. The van der Waals surface area contributed by atoms with E-state index in [1.165, 1.54) is 4.91 Å². The number of nitrogens with one attached hydrogen (secondary N) is 1. The Bertz CT molecular complexity index is 655. The van der Waals surface area contributed by atoms with E-state index < -0.39 is 30.0 Å². The van der Waals surface area contributed by atoms with Crippen LogP contribution in [-0.2, 0) is 20.2 Å². The molecule has 1 aromatic rings. The van der Waals surface area contributed by atoms with Gasteiger partial charge in [-0.1, -0.05) is 6.07 Å². The van der Waals surface area contributed by atoms with Gasteiger partial charge in [0.1, 0.15) is 0 Å². The van der Waals surface area contributed by atoms with Gasteiger partial charge in [-0.2, -0.15) is 16.8 Å². The quantitative estimate of drug-likeness (QED) is 0.318. The Morgan fingerprint density at radius 1 is 0.950 bits per heavy atom. The van der Waals surface area contributed by atoms with Gasteiger partial charge in [-0.05, 0) is 28.6 Å². The van der Waals surface area contributed by atoms with Gasteiger partial charge in [0, 0.05) is 0 Å². The maximum absolute atomic E-state index is 10.6. The fourth-order valence-electron chi connectivity index (χ4n) is 0.795. The first kappa shape index (κ1) is 20.0.